The molecule has 0 amide bonds. The van der Waals surface area contributed by atoms with E-state index in [1.165, 1.54) is 6.42 Å². The van der Waals surface area contributed by atoms with Crippen molar-refractivity contribution in [2.24, 2.45) is 0 Å². The predicted octanol–water partition coefficient (Wildman–Crippen LogP) is 2.94. The Labute approximate surface area is 90.5 Å². The van der Waals surface area contributed by atoms with Gasteiger partial charge in [0.2, 0.25) is 0 Å². The van der Waals surface area contributed by atoms with E-state index in [2.05, 4.69) is 35.5 Å². The molecule has 3 nitrogen and oxygen atoms in total. The van der Waals surface area contributed by atoms with Gasteiger partial charge in [-0.2, -0.15) is 0 Å². The van der Waals surface area contributed by atoms with Crippen LogP contribution in [0.2, 0.25) is 0 Å². The fourth-order valence-corrected chi connectivity index (χ4v) is 1.92. The topological polar surface area (TPSA) is 30.7 Å². The third kappa shape index (κ3) is 2.27. The van der Waals surface area contributed by atoms with E-state index < -0.39 is 0 Å². The van der Waals surface area contributed by atoms with E-state index in [1.54, 1.807) is 0 Å². The van der Waals surface area contributed by atoms with Gasteiger partial charge in [0, 0.05) is 12.5 Å². The summed E-state index contributed by atoms with van der Waals surface area (Å²) in [5, 5.41) is 8.29. The Morgan fingerprint density at radius 3 is 2.57 bits per heavy atom. The summed E-state index contributed by atoms with van der Waals surface area (Å²) < 4.78 is 2.12. The van der Waals surface area contributed by atoms with Crippen LogP contribution in [-0.4, -0.2) is 14.8 Å². The van der Waals surface area contributed by atoms with Crippen molar-refractivity contribution in [1.82, 2.24) is 14.8 Å². The molecule has 1 aromatic heterocycles. The maximum absolute atomic E-state index is 5.78. The summed E-state index contributed by atoms with van der Waals surface area (Å²) in [5.41, 5.74) is 0. The molecule has 0 fully saturated rings. The SMILES string of the molecule is CCCC(C)c1nnc(CCl)n1CC. The summed E-state index contributed by atoms with van der Waals surface area (Å²) in [6, 6.07) is 0. The van der Waals surface area contributed by atoms with Gasteiger partial charge in [0.05, 0.1) is 5.88 Å². The molecule has 0 saturated heterocycles. The molecule has 14 heavy (non-hydrogen) atoms. The number of halogens is 1. The van der Waals surface area contributed by atoms with Crippen molar-refractivity contribution < 1.29 is 0 Å². The lowest BCUT2D eigenvalue weighted by molar-refractivity contribution is 0.572. The Kier molecular flexibility index (Phi) is 4.39. The van der Waals surface area contributed by atoms with Gasteiger partial charge in [-0.1, -0.05) is 20.3 Å². The van der Waals surface area contributed by atoms with E-state index >= 15 is 0 Å². The van der Waals surface area contributed by atoms with Crippen molar-refractivity contribution in [1.29, 1.82) is 0 Å². The van der Waals surface area contributed by atoms with Crippen LogP contribution in [-0.2, 0) is 12.4 Å². The van der Waals surface area contributed by atoms with Gasteiger partial charge in [-0.25, -0.2) is 0 Å². The molecule has 4 heteroatoms. The normalized spacial score (nSPS) is 13.1. The first-order valence-electron chi connectivity index (χ1n) is 5.22. The van der Waals surface area contributed by atoms with Crippen molar-refractivity contribution in [3.05, 3.63) is 11.6 Å². The molecule has 0 aromatic carbocycles. The molecule has 0 N–H and O–H groups in total. The first-order chi connectivity index (χ1) is 6.74. The van der Waals surface area contributed by atoms with Gasteiger partial charge in [0.1, 0.15) is 11.6 Å². The molecule has 0 aliphatic heterocycles. The first kappa shape index (κ1) is 11.5. The summed E-state index contributed by atoms with van der Waals surface area (Å²) in [4.78, 5) is 0. The van der Waals surface area contributed by atoms with Crippen molar-refractivity contribution in [3.8, 4) is 0 Å². The second-order valence-corrected chi connectivity index (χ2v) is 3.81. The second kappa shape index (κ2) is 5.35. The maximum atomic E-state index is 5.78. The number of hydrogen-bond acceptors (Lipinski definition) is 2. The quantitative estimate of drug-likeness (QED) is 0.708. The summed E-state index contributed by atoms with van der Waals surface area (Å²) >= 11 is 5.78. The zero-order chi connectivity index (χ0) is 10.6. The molecule has 1 atom stereocenters. The number of rotatable bonds is 5. The van der Waals surface area contributed by atoms with E-state index in [0.29, 0.717) is 11.8 Å². The Hall–Kier alpha value is -0.570. The van der Waals surface area contributed by atoms with Crippen LogP contribution in [0, 0.1) is 0 Å². The third-order valence-electron chi connectivity index (χ3n) is 2.45. The fourth-order valence-electron chi connectivity index (χ4n) is 1.72. The minimum atomic E-state index is 0.444. The molecule has 1 rings (SSSR count). The molecule has 0 radical (unpaired) electrons. The molecule has 1 aromatic rings. The van der Waals surface area contributed by atoms with Crippen LogP contribution >= 0.6 is 11.6 Å². The maximum Gasteiger partial charge on any atom is 0.147 e. The Morgan fingerprint density at radius 1 is 1.36 bits per heavy atom. The predicted molar refractivity (Wildman–Crippen MR) is 58.6 cm³/mol. The minimum absolute atomic E-state index is 0.444. The van der Waals surface area contributed by atoms with Gasteiger partial charge in [0.15, 0.2) is 0 Å². The third-order valence-corrected chi connectivity index (χ3v) is 2.69. The second-order valence-electron chi connectivity index (χ2n) is 3.54. The van der Waals surface area contributed by atoms with Gasteiger partial charge in [-0.15, -0.1) is 21.8 Å². The van der Waals surface area contributed by atoms with Crippen molar-refractivity contribution in [2.45, 2.75) is 52.0 Å². The minimum Gasteiger partial charge on any atom is -0.314 e. The van der Waals surface area contributed by atoms with Gasteiger partial charge in [-0.3, -0.25) is 0 Å². The average molecular weight is 216 g/mol. The number of hydrogen-bond donors (Lipinski definition) is 0. The van der Waals surface area contributed by atoms with Crippen LogP contribution in [0.5, 0.6) is 0 Å². The molecular weight excluding hydrogens is 198 g/mol. The lowest BCUT2D eigenvalue weighted by Gasteiger charge is -2.11. The zero-order valence-electron chi connectivity index (χ0n) is 9.13. The molecule has 0 aliphatic rings. The molecule has 0 saturated carbocycles. The zero-order valence-corrected chi connectivity index (χ0v) is 9.88. The molecule has 1 unspecified atom stereocenters. The fraction of sp³-hybridized carbons (Fsp3) is 0.800. The van der Waals surface area contributed by atoms with Crippen LogP contribution in [0.25, 0.3) is 0 Å². The van der Waals surface area contributed by atoms with Crippen LogP contribution in [0.1, 0.15) is 51.2 Å². The number of alkyl halides is 1. The van der Waals surface area contributed by atoms with Crippen LogP contribution in [0.3, 0.4) is 0 Å². The highest BCUT2D eigenvalue weighted by atomic mass is 35.5. The molecule has 80 valence electrons. The number of aromatic nitrogens is 3. The summed E-state index contributed by atoms with van der Waals surface area (Å²) in [7, 11) is 0. The summed E-state index contributed by atoms with van der Waals surface area (Å²) in [6.45, 7) is 7.38. The lowest BCUT2D eigenvalue weighted by atomic mass is 10.1. The van der Waals surface area contributed by atoms with E-state index in [1.807, 2.05) is 0 Å². The van der Waals surface area contributed by atoms with Gasteiger partial charge < -0.3 is 4.57 Å². The molecule has 0 bridgehead atoms. The molecule has 0 spiro atoms. The van der Waals surface area contributed by atoms with E-state index in [-0.39, 0.29) is 0 Å². The average Bonchev–Trinajstić information content (AvgIpc) is 2.60. The molecular formula is C10H18ClN3. The highest BCUT2D eigenvalue weighted by molar-refractivity contribution is 6.16. The highest BCUT2D eigenvalue weighted by Gasteiger charge is 2.15. The largest absolute Gasteiger partial charge is 0.314 e. The summed E-state index contributed by atoms with van der Waals surface area (Å²) in [6.07, 6.45) is 2.33. The van der Waals surface area contributed by atoms with Gasteiger partial charge in [0.25, 0.3) is 0 Å². The Morgan fingerprint density at radius 2 is 2.07 bits per heavy atom. The standard InChI is InChI=1S/C10H18ClN3/c1-4-6-8(3)10-13-12-9(7-11)14(10)5-2/h8H,4-7H2,1-3H3. The smallest absolute Gasteiger partial charge is 0.147 e. The highest BCUT2D eigenvalue weighted by Crippen LogP contribution is 2.19. The van der Waals surface area contributed by atoms with Gasteiger partial charge >= 0.3 is 0 Å². The Bertz CT molecular complexity index is 283. The lowest BCUT2D eigenvalue weighted by Crippen LogP contribution is -2.08. The van der Waals surface area contributed by atoms with E-state index in [4.69, 9.17) is 11.6 Å². The van der Waals surface area contributed by atoms with Crippen molar-refractivity contribution >= 4 is 11.6 Å². The van der Waals surface area contributed by atoms with Crippen molar-refractivity contribution in [2.75, 3.05) is 0 Å². The Balaban J connectivity index is 2.90. The summed E-state index contributed by atoms with van der Waals surface area (Å²) in [5.74, 6) is 2.88. The van der Waals surface area contributed by atoms with Gasteiger partial charge in [-0.05, 0) is 13.3 Å². The van der Waals surface area contributed by atoms with Crippen LogP contribution in [0.15, 0.2) is 0 Å². The van der Waals surface area contributed by atoms with Crippen LogP contribution in [0.4, 0.5) is 0 Å². The first-order valence-corrected chi connectivity index (χ1v) is 5.75. The molecule has 1 heterocycles. The van der Waals surface area contributed by atoms with Crippen molar-refractivity contribution in [3.63, 3.8) is 0 Å². The van der Waals surface area contributed by atoms with E-state index in [9.17, 15) is 0 Å². The monoisotopic (exact) mass is 215 g/mol. The number of nitrogens with zero attached hydrogens (tertiary/aromatic N) is 3. The molecule has 0 aliphatic carbocycles. The van der Waals surface area contributed by atoms with E-state index in [0.717, 1.165) is 24.6 Å². The van der Waals surface area contributed by atoms with Crippen LogP contribution < -0.4 is 0 Å².